The lowest BCUT2D eigenvalue weighted by molar-refractivity contribution is -0.111. The van der Waals surface area contributed by atoms with Crippen LogP contribution in [0.3, 0.4) is 0 Å². The van der Waals surface area contributed by atoms with E-state index in [1.54, 1.807) is 26.3 Å². The second-order valence-electron chi connectivity index (χ2n) is 7.64. The fourth-order valence-electron chi connectivity index (χ4n) is 2.53. The number of benzene rings is 2. The first-order valence-corrected chi connectivity index (χ1v) is 9.32. The van der Waals surface area contributed by atoms with Crippen molar-refractivity contribution in [3.8, 4) is 5.75 Å². The highest BCUT2D eigenvalue weighted by Gasteiger charge is 2.19. The van der Waals surface area contributed by atoms with Gasteiger partial charge < -0.3 is 19.7 Å². The minimum Gasteiger partial charge on any atom is -0.497 e. The van der Waals surface area contributed by atoms with E-state index in [9.17, 15) is 9.59 Å². The van der Waals surface area contributed by atoms with Gasteiger partial charge in [0.05, 0.1) is 7.11 Å². The van der Waals surface area contributed by atoms with Crippen molar-refractivity contribution in [1.82, 2.24) is 4.90 Å². The van der Waals surface area contributed by atoms with Crippen molar-refractivity contribution in [1.29, 1.82) is 0 Å². The van der Waals surface area contributed by atoms with Crippen molar-refractivity contribution in [2.75, 3.05) is 19.5 Å². The number of rotatable bonds is 6. The van der Waals surface area contributed by atoms with Gasteiger partial charge in [0, 0.05) is 25.4 Å². The third kappa shape index (κ3) is 7.70. The minimum absolute atomic E-state index is 0.245. The Balaban J connectivity index is 1.97. The smallest absolute Gasteiger partial charge is 0.410 e. The van der Waals surface area contributed by atoms with Crippen LogP contribution >= 0.6 is 0 Å². The summed E-state index contributed by atoms with van der Waals surface area (Å²) >= 11 is 0. The van der Waals surface area contributed by atoms with E-state index >= 15 is 0 Å². The van der Waals surface area contributed by atoms with E-state index in [1.165, 1.54) is 11.0 Å². The third-order valence-corrected chi connectivity index (χ3v) is 3.84. The zero-order valence-electron chi connectivity index (χ0n) is 17.6. The highest BCUT2D eigenvalue weighted by molar-refractivity contribution is 6.02. The van der Waals surface area contributed by atoms with Gasteiger partial charge in [-0.05, 0) is 62.2 Å². The molecule has 0 saturated carbocycles. The van der Waals surface area contributed by atoms with Crippen LogP contribution in [-0.4, -0.2) is 36.7 Å². The number of carbonyl (C=O) groups is 2. The third-order valence-electron chi connectivity index (χ3n) is 3.84. The molecule has 0 heterocycles. The van der Waals surface area contributed by atoms with Gasteiger partial charge in [-0.2, -0.15) is 0 Å². The number of amides is 2. The summed E-state index contributed by atoms with van der Waals surface area (Å²) < 4.78 is 10.5. The summed E-state index contributed by atoms with van der Waals surface area (Å²) in [6, 6.07) is 14.8. The zero-order chi connectivity index (χ0) is 21.4. The Hall–Kier alpha value is -3.28. The maximum atomic E-state index is 12.2. The standard InChI is InChI=1S/C23H28N2O4/c1-23(2,3)29-22(27)25(4)16-18-9-6-10-19(14-18)24-21(26)13-12-17-8-7-11-20(15-17)28-5/h6-15H,16H2,1-5H3,(H,24,26). The van der Waals surface area contributed by atoms with Crippen LogP contribution in [0.25, 0.3) is 6.08 Å². The zero-order valence-corrected chi connectivity index (χ0v) is 17.6. The van der Waals surface area contributed by atoms with Crippen LogP contribution < -0.4 is 10.1 Å². The fraction of sp³-hybridized carbons (Fsp3) is 0.304. The summed E-state index contributed by atoms with van der Waals surface area (Å²) in [4.78, 5) is 25.8. The van der Waals surface area contributed by atoms with Gasteiger partial charge >= 0.3 is 6.09 Å². The summed E-state index contributed by atoms with van der Waals surface area (Å²) in [7, 11) is 3.28. The molecule has 2 aromatic carbocycles. The van der Waals surface area contributed by atoms with E-state index in [0.717, 1.165) is 16.9 Å². The second kappa shape index (κ2) is 9.78. The van der Waals surface area contributed by atoms with Gasteiger partial charge in [-0.3, -0.25) is 4.79 Å². The van der Waals surface area contributed by atoms with Gasteiger partial charge in [0.25, 0.3) is 0 Å². The van der Waals surface area contributed by atoms with Gasteiger partial charge in [0.15, 0.2) is 0 Å². The molecule has 0 aromatic heterocycles. The monoisotopic (exact) mass is 396 g/mol. The topological polar surface area (TPSA) is 67.9 Å². The van der Waals surface area contributed by atoms with Gasteiger partial charge in [0.1, 0.15) is 11.4 Å². The number of ether oxygens (including phenoxy) is 2. The van der Waals surface area contributed by atoms with Gasteiger partial charge in [-0.25, -0.2) is 4.79 Å². The maximum Gasteiger partial charge on any atom is 0.410 e. The number of nitrogens with one attached hydrogen (secondary N) is 1. The molecule has 0 aliphatic rings. The Kier molecular flexibility index (Phi) is 7.42. The molecular weight excluding hydrogens is 368 g/mol. The molecular formula is C23H28N2O4. The summed E-state index contributed by atoms with van der Waals surface area (Å²) in [6.45, 7) is 5.86. The number of hydrogen-bond donors (Lipinski definition) is 1. The van der Waals surface area contributed by atoms with Crippen LogP contribution in [0.15, 0.2) is 54.6 Å². The Morgan fingerprint density at radius 1 is 1.10 bits per heavy atom. The number of nitrogens with zero attached hydrogens (tertiary/aromatic N) is 1. The normalized spacial score (nSPS) is 11.2. The van der Waals surface area contributed by atoms with Crippen molar-refractivity contribution in [2.45, 2.75) is 32.9 Å². The van der Waals surface area contributed by atoms with Crippen LogP contribution in [0.4, 0.5) is 10.5 Å². The van der Waals surface area contributed by atoms with Gasteiger partial charge in [-0.1, -0.05) is 24.3 Å². The Morgan fingerprint density at radius 3 is 2.52 bits per heavy atom. The molecule has 0 aliphatic carbocycles. The van der Waals surface area contributed by atoms with Crippen molar-refractivity contribution < 1.29 is 19.1 Å². The maximum absolute atomic E-state index is 12.2. The molecule has 29 heavy (non-hydrogen) atoms. The lowest BCUT2D eigenvalue weighted by Gasteiger charge is -2.24. The van der Waals surface area contributed by atoms with E-state index in [1.807, 2.05) is 63.2 Å². The lowest BCUT2D eigenvalue weighted by atomic mass is 10.2. The van der Waals surface area contributed by atoms with Crippen LogP contribution in [0.1, 0.15) is 31.9 Å². The van der Waals surface area contributed by atoms with Crippen LogP contribution in [0.2, 0.25) is 0 Å². The van der Waals surface area contributed by atoms with E-state index < -0.39 is 11.7 Å². The van der Waals surface area contributed by atoms with Crippen LogP contribution in [0.5, 0.6) is 5.75 Å². The van der Waals surface area contributed by atoms with E-state index in [2.05, 4.69) is 5.32 Å². The van der Waals surface area contributed by atoms with Crippen LogP contribution in [-0.2, 0) is 16.1 Å². The summed E-state index contributed by atoms with van der Waals surface area (Å²) in [6.07, 6.45) is 2.79. The summed E-state index contributed by atoms with van der Waals surface area (Å²) in [5, 5.41) is 2.83. The van der Waals surface area contributed by atoms with Gasteiger partial charge in [0.2, 0.25) is 5.91 Å². The average molecular weight is 396 g/mol. The predicted octanol–water partition coefficient (Wildman–Crippen LogP) is 4.71. The Morgan fingerprint density at radius 2 is 1.83 bits per heavy atom. The average Bonchev–Trinajstić information content (AvgIpc) is 2.65. The Bertz CT molecular complexity index is 884. The molecule has 0 radical (unpaired) electrons. The van der Waals surface area contributed by atoms with Crippen molar-refractivity contribution in [3.05, 3.63) is 65.7 Å². The van der Waals surface area contributed by atoms with Crippen molar-refractivity contribution >= 4 is 23.8 Å². The molecule has 0 unspecified atom stereocenters. The van der Waals surface area contributed by atoms with Crippen molar-refractivity contribution in [2.24, 2.45) is 0 Å². The molecule has 2 aromatic rings. The lowest BCUT2D eigenvalue weighted by Crippen LogP contribution is -2.33. The summed E-state index contributed by atoms with van der Waals surface area (Å²) in [5.74, 6) is 0.486. The molecule has 6 nitrogen and oxygen atoms in total. The first-order valence-electron chi connectivity index (χ1n) is 9.32. The number of methoxy groups -OCH3 is 1. The molecule has 2 amide bonds. The quantitative estimate of drug-likeness (QED) is 0.718. The van der Waals surface area contributed by atoms with Crippen molar-refractivity contribution in [3.63, 3.8) is 0 Å². The SMILES string of the molecule is COc1cccc(C=CC(=O)Nc2cccc(CN(C)C(=O)OC(C)(C)C)c2)c1. The second-order valence-corrected chi connectivity index (χ2v) is 7.64. The molecule has 0 bridgehead atoms. The number of anilines is 1. The molecule has 0 spiro atoms. The molecule has 1 N–H and O–H groups in total. The minimum atomic E-state index is -0.545. The molecule has 0 saturated heterocycles. The number of carbonyl (C=O) groups excluding carboxylic acids is 2. The molecule has 154 valence electrons. The first-order chi connectivity index (χ1) is 13.7. The molecule has 0 aliphatic heterocycles. The highest BCUT2D eigenvalue weighted by Crippen LogP contribution is 2.16. The highest BCUT2D eigenvalue weighted by atomic mass is 16.6. The largest absolute Gasteiger partial charge is 0.497 e. The first kappa shape index (κ1) is 22.0. The molecule has 2 rings (SSSR count). The van der Waals surface area contributed by atoms with E-state index in [0.29, 0.717) is 12.2 Å². The summed E-state index contributed by atoms with van der Waals surface area (Å²) in [5.41, 5.74) is 1.86. The predicted molar refractivity (Wildman–Crippen MR) is 115 cm³/mol. The molecule has 0 atom stereocenters. The fourth-order valence-corrected chi connectivity index (χ4v) is 2.53. The van der Waals surface area contributed by atoms with Gasteiger partial charge in [-0.15, -0.1) is 0 Å². The Labute approximate surface area is 172 Å². The molecule has 0 fully saturated rings. The number of hydrogen-bond acceptors (Lipinski definition) is 4. The van der Waals surface area contributed by atoms with E-state index in [-0.39, 0.29) is 5.91 Å². The molecule has 6 heteroatoms. The van der Waals surface area contributed by atoms with E-state index in [4.69, 9.17) is 9.47 Å². The van der Waals surface area contributed by atoms with Crippen LogP contribution in [0, 0.1) is 0 Å².